The first-order valence-electron chi connectivity index (χ1n) is 9.40. The van der Waals surface area contributed by atoms with Crippen molar-refractivity contribution in [1.29, 1.82) is 0 Å². The Labute approximate surface area is 188 Å². The Morgan fingerprint density at radius 2 is 1.81 bits per heavy atom. The number of allylic oxidation sites excluding steroid dienone is 1. The molecule has 0 spiro atoms. The number of rotatable bonds is 8. The van der Waals surface area contributed by atoms with Crippen molar-refractivity contribution in [3.63, 3.8) is 0 Å². The zero-order valence-corrected chi connectivity index (χ0v) is 17.7. The van der Waals surface area contributed by atoms with Gasteiger partial charge in [-0.3, -0.25) is 9.59 Å². The third-order valence-electron chi connectivity index (χ3n) is 4.32. The Morgan fingerprint density at radius 1 is 1.03 bits per heavy atom. The van der Waals surface area contributed by atoms with E-state index in [9.17, 15) is 18.4 Å². The van der Waals surface area contributed by atoms with Gasteiger partial charge in [-0.2, -0.15) is 0 Å². The molecule has 8 heteroatoms. The minimum Gasteiger partial charge on any atom is -0.493 e. The van der Waals surface area contributed by atoms with Gasteiger partial charge in [0.1, 0.15) is 11.6 Å². The molecular weight excluding hydrogens is 440 g/mol. The van der Waals surface area contributed by atoms with Crippen LogP contribution in [0, 0.1) is 11.6 Å². The van der Waals surface area contributed by atoms with Gasteiger partial charge >= 0.3 is 0 Å². The summed E-state index contributed by atoms with van der Waals surface area (Å²) < 4.78 is 37.5. The van der Waals surface area contributed by atoms with Gasteiger partial charge in [0.05, 0.1) is 23.4 Å². The number of methoxy groups -OCH3 is 1. The lowest BCUT2D eigenvalue weighted by Gasteiger charge is -2.12. The molecule has 0 aromatic heterocycles. The van der Waals surface area contributed by atoms with E-state index in [1.165, 1.54) is 19.3 Å². The predicted octanol–water partition coefficient (Wildman–Crippen LogP) is 5.54. The fraction of sp³-hybridized carbons (Fsp3) is 0.0833. The van der Waals surface area contributed by atoms with Gasteiger partial charge in [-0.25, -0.2) is 8.78 Å². The van der Waals surface area contributed by atoms with Gasteiger partial charge in [0.15, 0.2) is 23.9 Å². The van der Waals surface area contributed by atoms with Crippen molar-refractivity contribution in [3.8, 4) is 11.5 Å². The molecule has 3 aromatic carbocycles. The van der Waals surface area contributed by atoms with Crippen LogP contribution in [0.1, 0.15) is 15.9 Å². The Kier molecular flexibility index (Phi) is 7.57. The zero-order valence-electron chi connectivity index (χ0n) is 16.9. The first kappa shape index (κ1) is 23.0. The molecule has 0 atom stereocenters. The molecule has 164 valence electrons. The Balaban J connectivity index is 1.65. The second-order valence-corrected chi connectivity index (χ2v) is 6.96. The molecule has 0 heterocycles. The maximum atomic E-state index is 13.7. The summed E-state index contributed by atoms with van der Waals surface area (Å²) in [5, 5.41) is 3.05. The number of hydrogen-bond donors (Lipinski definition) is 1. The van der Waals surface area contributed by atoms with Crippen LogP contribution in [-0.2, 0) is 4.79 Å². The highest BCUT2D eigenvalue weighted by molar-refractivity contribution is 6.33. The molecule has 0 bridgehead atoms. The average Bonchev–Trinajstić information content (AvgIpc) is 2.77. The van der Waals surface area contributed by atoms with Crippen LogP contribution in [0.15, 0.2) is 66.7 Å². The molecule has 3 aromatic rings. The lowest BCUT2D eigenvalue weighted by atomic mass is 10.1. The lowest BCUT2D eigenvalue weighted by Crippen LogP contribution is -2.20. The van der Waals surface area contributed by atoms with E-state index in [4.69, 9.17) is 21.1 Å². The zero-order chi connectivity index (χ0) is 23.1. The predicted molar refractivity (Wildman–Crippen MR) is 118 cm³/mol. The van der Waals surface area contributed by atoms with Crippen molar-refractivity contribution in [1.82, 2.24) is 0 Å². The molecule has 0 aliphatic carbocycles. The van der Waals surface area contributed by atoms with E-state index in [0.717, 1.165) is 12.1 Å². The molecule has 32 heavy (non-hydrogen) atoms. The number of carbonyl (C=O) groups is 2. The fourth-order valence-corrected chi connectivity index (χ4v) is 2.93. The van der Waals surface area contributed by atoms with Crippen molar-refractivity contribution < 1.29 is 27.8 Å². The monoisotopic (exact) mass is 457 g/mol. The number of amides is 1. The van der Waals surface area contributed by atoms with Crippen molar-refractivity contribution in [2.45, 2.75) is 0 Å². The fourth-order valence-electron chi connectivity index (χ4n) is 2.75. The standard InChI is InChI=1S/C24H18ClF2NO4/c1-31-23-12-15(6-10-21(29)17-9-8-16(26)13-19(17)27)7-11-22(23)32-14-24(30)28-20-5-3-2-4-18(20)25/h2-13H,14H2,1H3,(H,28,30)/b10-6+. The Hall–Kier alpha value is -3.71. The number of nitrogens with one attached hydrogen (secondary N) is 1. The van der Waals surface area contributed by atoms with E-state index in [0.29, 0.717) is 33.8 Å². The summed E-state index contributed by atoms with van der Waals surface area (Å²) in [5.41, 5.74) is 0.808. The van der Waals surface area contributed by atoms with Gasteiger partial charge in [0.2, 0.25) is 0 Å². The quantitative estimate of drug-likeness (QED) is 0.356. The summed E-state index contributed by atoms with van der Waals surface area (Å²) in [6.45, 7) is -0.279. The number of ether oxygens (including phenoxy) is 2. The molecule has 5 nitrogen and oxygen atoms in total. The molecule has 0 saturated carbocycles. The molecular formula is C24H18ClF2NO4. The lowest BCUT2D eigenvalue weighted by molar-refractivity contribution is -0.118. The van der Waals surface area contributed by atoms with Gasteiger partial charge in [-0.1, -0.05) is 35.9 Å². The smallest absolute Gasteiger partial charge is 0.262 e. The summed E-state index contributed by atoms with van der Waals surface area (Å²) >= 11 is 6.01. The van der Waals surface area contributed by atoms with Gasteiger partial charge in [0.25, 0.3) is 5.91 Å². The third-order valence-corrected chi connectivity index (χ3v) is 4.65. The van der Waals surface area contributed by atoms with E-state index in [-0.39, 0.29) is 12.2 Å². The number of hydrogen-bond acceptors (Lipinski definition) is 4. The van der Waals surface area contributed by atoms with Crippen LogP contribution >= 0.6 is 11.6 Å². The van der Waals surface area contributed by atoms with E-state index < -0.39 is 23.3 Å². The van der Waals surface area contributed by atoms with Crippen LogP contribution in [0.4, 0.5) is 14.5 Å². The molecule has 0 unspecified atom stereocenters. The van der Waals surface area contributed by atoms with Gasteiger partial charge in [-0.15, -0.1) is 0 Å². The van der Waals surface area contributed by atoms with Crippen molar-refractivity contribution in [2.75, 3.05) is 19.0 Å². The normalized spacial score (nSPS) is 10.8. The summed E-state index contributed by atoms with van der Waals surface area (Å²) in [4.78, 5) is 24.3. The van der Waals surface area contributed by atoms with E-state index in [1.54, 1.807) is 42.5 Å². The van der Waals surface area contributed by atoms with Crippen molar-refractivity contribution in [2.24, 2.45) is 0 Å². The highest BCUT2D eigenvalue weighted by Gasteiger charge is 2.12. The molecule has 0 radical (unpaired) electrons. The number of halogens is 3. The SMILES string of the molecule is COc1cc(/C=C/C(=O)c2ccc(F)cc2F)ccc1OCC(=O)Nc1ccccc1Cl. The molecule has 0 fully saturated rings. The van der Waals surface area contributed by atoms with Crippen molar-refractivity contribution >= 4 is 35.1 Å². The first-order valence-corrected chi connectivity index (χ1v) is 9.78. The molecule has 1 N–H and O–H groups in total. The van der Waals surface area contributed by atoms with Crippen LogP contribution in [0.3, 0.4) is 0 Å². The Morgan fingerprint density at radius 3 is 2.53 bits per heavy atom. The summed E-state index contributed by atoms with van der Waals surface area (Å²) in [6.07, 6.45) is 2.63. The molecule has 1 amide bonds. The summed E-state index contributed by atoms with van der Waals surface area (Å²) in [5.74, 6) is -2.07. The minimum atomic E-state index is -0.934. The average molecular weight is 458 g/mol. The topological polar surface area (TPSA) is 64.6 Å². The van der Waals surface area contributed by atoms with E-state index >= 15 is 0 Å². The second kappa shape index (κ2) is 10.5. The maximum absolute atomic E-state index is 13.7. The number of para-hydroxylation sites is 1. The maximum Gasteiger partial charge on any atom is 0.262 e. The number of anilines is 1. The van der Waals surface area contributed by atoms with E-state index in [2.05, 4.69) is 5.32 Å². The number of carbonyl (C=O) groups excluding carboxylic acids is 2. The van der Waals surface area contributed by atoms with Crippen LogP contribution in [0.5, 0.6) is 11.5 Å². The van der Waals surface area contributed by atoms with Gasteiger partial charge < -0.3 is 14.8 Å². The van der Waals surface area contributed by atoms with Crippen LogP contribution in [-0.4, -0.2) is 25.4 Å². The molecule has 0 aliphatic heterocycles. The molecule has 0 saturated heterocycles. The third kappa shape index (κ3) is 5.92. The Bertz CT molecular complexity index is 1180. The van der Waals surface area contributed by atoms with Gasteiger partial charge in [-0.05, 0) is 48.0 Å². The first-order chi connectivity index (χ1) is 15.4. The van der Waals surface area contributed by atoms with Gasteiger partial charge in [0, 0.05) is 6.07 Å². The highest BCUT2D eigenvalue weighted by atomic mass is 35.5. The number of benzene rings is 3. The van der Waals surface area contributed by atoms with Crippen LogP contribution in [0.2, 0.25) is 5.02 Å². The molecule has 0 aliphatic rings. The summed E-state index contributed by atoms with van der Waals surface area (Å²) in [7, 11) is 1.43. The second-order valence-electron chi connectivity index (χ2n) is 6.55. The molecule has 3 rings (SSSR count). The van der Waals surface area contributed by atoms with E-state index in [1.807, 2.05) is 0 Å². The van der Waals surface area contributed by atoms with Crippen molar-refractivity contribution in [3.05, 3.63) is 94.5 Å². The van der Waals surface area contributed by atoms with Crippen LogP contribution in [0.25, 0.3) is 6.08 Å². The largest absolute Gasteiger partial charge is 0.493 e. The highest BCUT2D eigenvalue weighted by Crippen LogP contribution is 2.29. The summed E-state index contributed by atoms with van der Waals surface area (Å²) in [6, 6.07) is 14.4. The van der Waals surface area contributed by atoms with Crippen LogP contribution < -0.4 is 14.8 Å². The number of ketones is 1. The minimum absolute atomic E-state index is 0.237.